The van der Waals surface area contributed by atoms with Gasteiger partial charge in [-0.15, -0.1) is 0 Å². The van der Waals surface area contributed by atoms with Crippen LogP contribution in [0.4, 0.5) is 0 Å². The number of ether oxygens (including phenoxy) is 1. The van der Waals surface area contributed by atoms with Gasteiger partial charge in [-0.1, -0.05) is 24.6 Å². The molecule has 1 aliphatic rings. The van der Waals surface area contributed by atoms with Crippen LogP contribution < -0.4 is 4.74 Å². The van der Waals surface area contributed by atoms with Gasteiger partial charge in [-0.3, -0.25) is 0 Å². The molecule has 0 saturated heterocycles. The van der Waals surface area contributed by atoms with E-state index in [1.165, 1.54) is 18.4 Å². The topological polar surface area (TPSA) is 9.23 Å². The first-order valence-corrected chi connectivity index (χ1v) is 5.43. The van der Waals surface area contributed by atoms with Crippen LogP contribution in [0.15, 0.2) is 24.3 Å². The molecule has 1 heteroatoms. The van der Waals surface area contributed by atoms with Crippen LogP contribution in [0, 0.1) is 18.8 Å². The fourth-order valence-electron chi connectivity index (χ4n) is 2.05. The van der Waals surface area contributed by atoms with Crippen molar-refractivity contribution < 1.29 is 4.74 Å². The highest BCUT2D eigenvalue weighted by atomic mass is 16.5. The predicted molar refractivity (Wildman–Crippen MR) is 58.6 cm³/mol. The predicted octanol–water partition coefficient (Wildman–Crippen LogP) is 3.42. The molecule has 1 aromatic carbocycles. The highest BCUT2D eigenvalue weighted by Crippen LogP contribution is 2.33. The normalized spacial score (nSPS) is 25.6. The van der Waals surface area contributed by atoms with Gasteiger partial charge in [0.2, 0.25) is 0 Å². The second kappa shape index (κ2) is 4.04. The first-order valence-electron chi connectivity index (χ1n) is 5.43. The van der Waals surface area contributed by atoms with Crippen LogP contribution in [0.5, 0.6) is 5.75 Å². The van der Waals surface area contributed by atoms with Gasteiger partial charge in [-0.25, -0.2) is 0 Å². The summed E-state index contributed by atoms with van der Waals surface area (Å²) >= 11 is 0. The second-order valence-corrected chi connectivity index (χ2v) is 4.57. The van der Waals surface area contributed by atoms with Crippen molar-refractivity contribution in [1.82, 2.24) is 0 Å². The standard InChI is InChI=1S/C13H18O/c1-10-3-5-13(6-4-10)14-9-12-7-11(2)8-12/h3-6,11-12H,7-9H2,1-2H3. The average molecular weight is 190 g/mol. The zero-order valence-electron chi connectivity index (χ0n) is 8.99. The smallest absolute Gasteiger partial charge is 0.119 e. The maximum atomic E-state index is 5.71. The molecule has 0 aromatic heterocycles. The van der Waals surface area contributed by atoms with E-state index in [1.807, 2.05) is 0 Å². The molecule has 0 spiro atoms. The van der Waals surface area contributed by atoms with Gasteiger partial charge in [0.25, 0.3) is 0 Å². The highest BCUT2D eigenvalue weighted by molar-refractivity contribution is 5.26. The molecule has 14 heavy (non-hydrogen) atoms. The van der Waals surface area contributed by atoms with Crippen molar-refractivity contribution in [2.75, 3.05) is 6.61 Å². The molecule has 1 nitrogen and oxygen atoms in total. The molecule has 0 bridgehead atoms. The van der Waals surface area contributed by atoms with E-state index in [4.69, 9.17) is 4.74 Å². The van der Waals surface area contributed by atoms with Crippen molar-refractivity contribution in [2.45, 2.75) is 26.7 Å². The van der Waals surface area contributed by atoms with Crippen molar-refractivity contribution in [1.29, 1.82) is 0 Å². The Bertz CT molecular complexity index is 283. The zero-order valence-corrected chi connectivity index (χ0v) is 8.99. The summed E-state index contributed by atoms with van der Waals surface area (Å²) in [5.41, 5.74) is 1.29. The fourth-order valence-corrected chi connectivity index (χ4v) is 2.05. The molecule has 0 amide bonds. The summed E-state index contributed by atoms with van der Waals surface area (Å²) in [6.45, 7) is 5.30. The minimum atomic E-state index is 0.798. The third kappa shape index (κ3) is 2.28. The van der Waals surface area contributed by atoms with Crippen molar-refractivity contribution >= 4 is 0 Å². The van der Waals surface area contributed by atoms with Gasteiger partial charge in [0.15, 0.2) is 0 Å². The summed E-state index contributed by atoms with van der Waals surface area (Å²) in [7, 11) is 0. The largest absolute Gasteiger partial charge is 0.493 e. The van der Waals surface area contributed by atoms with Gasteiger partial charge in [-0.05, 0) is 43.7 Å². The lowest BCUT2D eigenvalue weighted by Crippen LogP contribution is -2.26. The summed E-state index contributed by atoms with van der Waals surface area (Å²) in [6, 6.07) is 8.30. The Labute approximate surface area is 86.1 Å². The van der Waals surface area contributed by atoms with Crippen LogP contribution >= 0.6 is 0 Å². The quantitative estimate of drug-likeness (QED) is 0.709. The molecule has 0 unspecified atom stereocenters. The molecule has 0 N–H and O–H groups in total. The summed E-state index contributed by atoms with van der Waals surface area (Å²) in [5, 5.41) is 0. The van der Waals surface area contributed by atoms with Crippen molar-refractivity contribution in [3.63, 3.8) is 0 Å². The fraction of sp³-hybridized carbons (Fsp3) is 0.538. The first-order chi connectivity index (χ1) is 6.74. The summed E-state index contributed by atoms with van der Waals surface area (Å²) in [4.78, 5) is 0. The Morgan fingerprint density at radius 2 is 1.86 bits per heavy atom. The van der Waals surface area contributed by atoms with Gasteiger partial charge < -0.3 is 4.74 Å². The van der Waals surface area contributed by atoms with Crippen LogP contribution in [0.3, 0.4) is 0 Å². The molecule has 0 aliphatic heterocycles. The Balaban J connectivity index is 1.78. The van der Waals surface area contributed by atoms with E-state index < -0.39 is 0 Å². The number of hydrogen-bond acceptors (Lipinski definition) is 1. The molecule has 1 fully saturated rings. The lowest BCUT2D eigenvalue weighted by molar-refractivity contribution is 0.131. The number of hydrogen-bond donors (Lipinski definition) is 0. The molecule has 1 aromatic rings. The SMILES string of the molecule is Cc1ccc(OCC2CC(C)C2)cc1. The Hall–Kier alpha value is -0.980. The third-order valence-electron chi connectivity index (χ3n) is 2.98. The van der Waals surface area contributed by atoms with E-state index >= 15 is 0 Å². The van der Waals surface area contributed by atoms with Crippen molar-refractivity contribution in [3.05, 3.63) is 29.8 Å². The molecule has 0 radical (unpaired) electrons. The summed E-state index contributed by atoms with van der Waals surface area (Å²) < 4.78 is 5.71. The first kappa shape index (κ1) is 9.57. The molecule has 2 rings (SSSR count). The second-order valence-electron chi connectivity index (χ2n) is 4.57. The highest BCUT2D eigenvalue weighted by Gasteiger charge is 2.25. The minimum absolute atomic E-state index is 0.798. The van der Waals surface area contributed by atoms with E-state index in [1.54, 1.807) is 0 Å². The van der Waals surface area contributed by atoms with Gasteiger partial charge >= 0.3 is 0 Å². The van der Waals surface area contributed by atoms with Gasteiger partial charge in [0.05, 0.1) is 6.61 Å². The molecular formula is C13H18O. The number of rotatable bonds is 3. The third-order valence-corrected chi connectivity index (χ3v) is 2.98. The molecule has 1 aliphatic carbocycles. The molecule has 0 atom stereocenters. The van der Waals surface area contributed by atoms with E-state index in [-0.39, 0.29) is 0 Å². The Morgan fingerprint density at radius 3 is 2.43 bits per heavy atom. The van der Waals surface area contributed by atoms with Crippen molar-refractivity contribution in [2.24, 2.45) is 11.8 Å². The maximum absolute atomic E-state index is 5.71. The average Bonchev–Trinajstić information content (AvgIpc) is 2.13. The van der Waals surface area contributed by atoms with Gasteiger partial charge in [0.1, 0.15) is 5.75 Å². The van der Waals surface area contributed by atoms with Crippen LogP contribution in [-0.4, -0.2) is 6.61 Å². The van der Waals surface area contributed by atoms with Gasteiger partial charge in [-0.2, -0.15) is 0 Å². The number of benzene rings is 1. The van der Waals surface area contributed by atoms with Crippen LogP contribution in [-0.2, 0) is 0 Å². The summed E-state index contributed by atoms with van der Waals surface area (Å²) in [6.07, 6.45) is 2.68. The Morgan fingerprint density at radius 1 is 1.21 bits per heavy atom. The zero-order chi connectivity index (χ0) is 9.97. The van der Waals surface area contributed by atoms with Crippen LogP contribution in [0.1, 0.15) is 25.3 Å². The van der Waals surface area contributed by atoms with Crippen LogP contribution in [0.2, 0.25) is 0 Å². The monoisotopic (exact) mass is 190 g/mol. The summed E-state index contributed by atoms with van der Waals surface area (Å²) in [5.74, 6) is 2.73. The maximum Gasteiger partial charge on any atom is 0.119 e. The lowest BCUT2D eigenvalue weighted by Gasteiger charge is -2.32. The van der Waals surface area contributed by atoms with E-state index in [0.29, 0.717) is 0 Å². The minimum Gasteiger partial charge on any atom is -0.493 e. The van der Waals surface area contributed by atoms with E-state index in [2.05, 4.69) is 38.1 Å². The Kier molecular flexibility index (Phi) is 2.76. The van der Waals surface area contributed by atoms with Crippen molar-refractivity contribution in [3.8, 4) is 5.75 Å². The number of aryl methyl sites for hydroxylation is 1. The van der Waals surface area contributed by atoms with E-state index in [0.717, 1.165) is 24.2 Å². The molecule has 1 saturated carbocycles. The molecule has 76 valence electrons. The van der Waals surface area contributed by atoms with Gasteiger partial charge in [0, 0.05) is 0 Å². The molecular weight excluding hydrogens is 172 g/mol. The lowest BCUT2D eigenvalue weighted by atomic mass is 9.77. The van der Waals surface area contributed by atoms with Crippen LogP contribution in [0.25, 0.3) is 0 Å². The van der Waals surface area contributed by atoms with E-state index in [9.17, 15) is 0 Å². The molecule has 0 heterocycles.